The zero-order valence-corrected chi connectivity index (χ0v) is 11.9. The summed E-state index contributed by atoms with van der Waals surface area (Å²) in [5.41, 5.74) is 2.18. The Hall–Kier alpha value is -2.77. The minimum atomic E-state index is -0.918. The zero-order chi connectivity index (χ0) is 15.7. The Balaban J connectivity index is 2.20. The van der Waals surface area contributed by atoms with Crippen LogP contribution >= 0.6 is 0 Å². The summed E-state index contributed by atoms with van der Waals surface area (Å²) in [7, 11) is 0. The largest absolute Gasteiger partial charge is 0.389 e. The summed E-state index contributed by atoms with van der Waals surface area (Å²) in [6, 6.07) is 11.1. The second-order valence-electron chi connectivity index (χ2n) is 5.12. The summed E-state index contributed by atoms with van der Waals surface area (Å²) in [6.07, 6.45) is 1.74. The van der Waals surface area contributed by atoms with Crippen molar-refractivity contribution in [2.75, 3.05) is 0 Å². The number of pyridine rings is 1. The fourth-order valence-corrected chi connectivity index (χ4v) is 2.57. The number of aliphatic hydroxyl groups excluding tert-OH is 1. The van der Waals surface area contributed by atoms with Crippen LogP contribution in [0.4, 0.5) is 10.1 Å². The monoisotopic (exact) mass is 292 g/mol. The molecule has 2 aromatic carbocycles. The minimum absolute atomic E-state index is 0.243. The Bertz CT molecular complexity index is 897. The van der Waals surface area contributed by atoms with E-state index in [1.165, 1.54) is 6.92 Å². The molecule has 3 nitrogen and oxygen atoms in total. The quantitative estimate of drug-likeness (QED) is 0.698. The van der Waals surface area contributed by atoms with Crippen molar-refractivity contribution in [3.8, 4) is 11.1 Å². The van der Waals surface area contributed by atoms with Gasteiger partial charge in [-0.25, -0.2) is 9.24 Å². The first-order valence-electron chi connectivity index (χ1n) is 6.83. The lowest BCUT2D eigenvalue weighted by molar-refractivity contribution is 0.194. The van der Waals surface area contributed by atoms with Gasteiger partial charge in [0, 0.05) is 17.3 Å². The SMILES string of the molecule is [C-]#[N+]c1ccc2cc(-c3cncc(F)c3C(C)O)ccc2c1. The molecule has 0 radical (unpaired) electrons. The number of halogens is 1. The van der Waals surface area contributed by atoms with Crippen LogP contribution in [0.1, 0.15) is 18.6 Å². The Morgan fingerprint density at radius 1 is 1.14 bits per heavy atom. The Morgan fingerprint density at radius 3 is 2.59 bits per heavy atom. The van der Waals surface area contributed by atoms with Gasteiger partial charge in [0.05, 0.1) is 18.9 Å². The van der Waals surface area contributed by atoms with Crippen LogP contribution in [0.15, 0.2) is 48.8 Å². The molecule has 0 bridgehead atoms. The van der Waals surface area contributed by atoms with Crippen molar-refractivity contribution < 1.29 is 9.50 Å². The summed E-state index contributed by atoms with van der Waals surface area (Å²) >= 11 is 0. The van der Waals surface area contributed by atoms with E-state index in [-0.39, 0.29) is 5.56 Å². The van der Waals surface area contributed by atoms with E-state index in [0.717, 1.165) is 22.5 Å². The third kappa shape index (κ3) is 2.43. The van der Waals surface area contributed by atoms with Crippen molar-refractivity contribution in [2.45, 2.75) is 13.0 Å². The highest BCUT2D eigenvalue weighted by atomic mass is 19.1. The first-order chi connectivity index (χ1) is 10.6. The highest BCUT2D eigenvalue weighted by molar-refractivity contribution is 5.90. The third-order valence-electron chi connectivity index (χ3n) is 3.62. The molecule has 3 rings (SSSR count). The molecule has 1 heterocycles. The summed E-state index contributed by atoms with van der Waals surface area (Å²) in [6.45, 7) is 8.57. The number of nitrogens with zero attached hydrogens (tertiary/aromatic N) is 2. The van der Waals surface area contributed by atoms with Crippen LogP contribution in [0.25, 0.3) is 26.7 Å². The van der Waals surface area contributed by atoms with Crippen LogP contribution in [-0.2, 0) is 0 Å². The average Bonchev–Trinajstić information content (AvgIpc) is 2.53. The van der Waals surface area contributed by atoms with Crippen molar-refractivity contribution in [2.24, 2.45) is 0 Å². The molecule has 0 spiro atoms. The number of hydrogen-bond acceptors (Lipinski definition) is 2. The molecule has 0 saturated heterocycles. The fraction of sp³-hybridized carbons (Fsp3) is 0.111. The first-order valence-corrected chi connectivity index (χ1v) is 6.83. The highest BCUT2D eigenvalue weighted by Crippen LogP contribution is 2.32. The van der Waals surface area contributed by atoms with Gasteiger partial charge in [-0.05, 0) is 35.4 Å². The molecule has 0 amide bonds. The average molecular weight is 292 g/mol. The van der Waals surface area contributed by atoms with Crippen LogP contribution < -0.4 is 0 Å². The second-order valence-corrected chi connectivity index (χ2v) is 5.12. The van der Waals surface area contributed by atoms with Crippen molar-refractivity contribution in [1.82, 2.24) is 4.98 Å². The summed E-state index contributed by atoms with van der Waals surface area (Å²) in [5, 5.41) is 11.7. The van der Waals surface area contributed by atoms with Gasteiger partial charge in [-0.2, -0.15) is 0 Å². The molecule has 3 aromatic rings. The molecule has 0 aliphatic carbocycles. The van der Waals surface area contributed by atoms with Crippen molar-refractivity contribution in [3.63, 3.8) is 0 Å². The molecule has 0 fully saturated rings. The van der Waals surface area contributed by atoms with Gasteiger partial charge in [0.2, 0.25) is 0 Å². The zero-order valence-electron chi connectivity index (χ0n) is 11.9. The summed E-state index contributed by atoms with van der Waals surface area (Å²) < 4.78 is 13.9. The number of hydrogen-bond donors (Lipinski definition) is 1. The molecular formula is C18H13FN2O. The molecular weight excluding hydrogens is 279 g/mol. The van der Waals surface area contributed by atoms with Crippen LogP contribution in [0.3, 0.4) is 0 Å². The standard InChI is InChI=1S/C18H13FN2O/c1-11(22)18-16(9-21-10-17(18)19)14-4-3-13-8-15(20-2)6-5-12(13)7-14/h3-11,22H,1H3. The van der Waals surface area contributed by atoms with E-state index >= 15 is 0 Å². The van der Waals surface area contributed by atoms with Gasteiger partial charge in [0.1, 0.15) is 5.82 Å². The van der Waals surface area contributed by atoms with E-state index < -0.39 is 11.9 Å². The van der Waals surface area contributed by atoms with E-state index in [9.17, 15) is 9.50 Å². The van der Waals surface area contributed by atoms with Crippen LogP contribution in [0, 0.1) is 12.4 Å². The highest BCUT2D eigenvalue weighted by Gasteiger charge is 2.15. The van der Waals surface area contributed by atoms with Gasteiger partial charge in [0.15, 0.2) is 5.69 Å². The van der Waals surface area contributed by atoms with Crippen LogP contribution in [-0.4, -0.2) is 10.1 Å². The van der Waals surface area contributed by atoms with Gasteiger partial charge in [-0.1, -0.05) is 24.3 Å². The normalized spacial score (nSPS) is 12.1. The second kappa shape index (κ2) is 5.55. The number of aliphatic hydroxyl groups is 1. The number of fused-ring (bicyclic) bond motifs is 1. The summed E-state index contributed by atoms with van der Waals surface area (Å²) in [4.78, 5) is 7.29. The Labute approximate surface area is 127 Å². The number of rotatable bonds is 2. The van der Waals surface area contributed by atoms with Crippen LogP contribution in [0.2, 0.25) is 0 Å². The molecule has 1 unspecified atom stereocenters. The predicted octanol–water partition coefficient (Wildman–Crippen LogP) is 4.64. The smallest absolute Gasteiger partial charge is 0.187 e. The molecule has 0 aliphatic heterocycles. The van der Waals surface area contributed by atoms with Gasteiger partial charge < -0.3 is 5.11 Å². The van der Waals surface area contributed by atoms with Gasteiger partial charge in [-0.15, -0.1) is 0 Å². The lowest BCUT2D eigenvalue weighted by atomic mass is 9.96. The van der Waals surface area contributed by atoms with E-state index in [2.05, 4.69) is 9.83 Å². The Kier molecular flexibility index (Phi) is 3.58. The predicted molar refractivity (Wildman–Crippen MR) is 84.0 cm³/mol. The van der Waals surface area contributed by atoms with E-state index in [1.54, 1.807) is 12.3 Å². The Morgan fingerprint density at radius 2 is 1.86 bits per heavy atom. The molecule has 0 aliphatic rings. The van der Waals surface area contributed by atoms with Crippen LogP contribution in [0.5, 0.6) is 0 Å². The molecule has 22 heavy (non-hydrogen) atoms. The lowest BCUT2D eigenvalue weighted by Crippen LogP contribution is -2.00. The van der Waals surface area contributed by atoms with Gasteiger partial charge in [-0.3, -0.25) is 4.98 Å². The third-order valence-corrected chi connectivity index (χ3v) is 3.62. The first kappa shape index (κ1) is 14.2. The van der Waals surface area contributed by atoms with E-state index in [4.69, 9.17) is 6.57 Å². The molecule has 1 aromatic heterocycles. The minimum Gasteiger partial charge on any atom is -0.389 e. The lowest BCUT2D eigenvalue weighted by Gasteiger charge is -2.13. The molecule has 1 atom stereocenters. The van der Waals surface area contributed by atoms with Gasteiger partial charge in [0.25, 0.3) is 0 Å². The maximum absolute atomic E-state index is 13.9. The molecule has 1 N–H and O–H groups in total. The fourth-order valence-electron chi connectivity index (χ4n) is 2.57. The molecule has 108 valence electrons. The molecule has 0 saturated carbocycles. The van der Waals surface area contributed by atoms with Crippen molar-refractivity contribution in [1.29, 1.82) is 0 Å². The van der Waals surface area contributed by atoms with E-state index in [0.29, 0.717) is 11.3 Å². The van der Waals surface area contributed by atoms with E-state index in [1.807, 2.05) is 30.3 Å². The van der Waals surface area contributed by atoms with Crippen molar-refractivity contribution >= 4 is 16.5 Å². The maximum Gasteiger partial charge on any atom is 0.187 e. The van der Waals surface area contributed by atoms with Crippen molar-refractivity contribution in [3.05, 3.63) is 71.6 Å². The topological polar surface area (TPSA) is 37.5 Å². The summed E-state index contributed by atoms with van der Waals surface area (Å²) in [5.74, 6) is -0.518. The maximum atomic E-state index is 13.9. The number of aromatic nitrogens is 1. The van der Waals surface area contributed by atoms with Gasteiger partial charge >= 0.3 is 0 Å². The number of benzene rings is 2. The molecule has 4 heteroatoms.